The fraction of sp³-hybridized carbons (Fsp3) is 0.479. The zero-order valence-electron chi connectivity index (χ0n) is 37.0. The largest absolute Gasteiger partial charge is 0.465 e. The topological polar surface area (TPSA) is 217 Å². The van der Waals surface area contributed by atoms with Crippen LogP contribution in [0, 0.1) is 23.7 Å². The number of carboxylic acid groups (broad SMARTS) is 1. The Bertz CT molecular complexity index is 2510. The van der Waals surface area contributed by atoms with Gasteiger partial charge in [0.05, 0.1) is 36.1 Å². The van der Waals surface area contributed by atoms with Crippen molar-refractivity contribution in [3.63, 3.8) is 0 Å². The number of H-pyrrole nitrogens is 2. The number of likely N-dealkylation sites (tertiary alicyclic amines) is 2. The van der Waals surface area contributed by atoms with E-state index in [2.05, 4.69) is 58.7 Å². The molecule has 7 heterocycles. The van der Waals surface area contributed by atoms with Crippen LogP contribution in [0.15, 0.2) is 67.0 Å². The first-order valence-corrected chi connectivity index (χ1v) is 22.8. The van der Waals surface area contributed by atoms with Crippen LogP contribution in [-0.2, 0) is 23.8 Å². The first kappa shape index (κ1) is 43.9. The minimum atomic E-state index is -1.21. The minimum absolute atomic E-state index is 0.0438. The Morgan fingerprint density at radius 2 is 1.20 bits per heavy atom. The van der Waals surface area contributed by atoms with Crippen LogP contribution in [0.5, 0.6) is 0 Å². The van der Waals surface area contributed by atoms with Crippen LogP contribution in [0.2, 0.25) is 0 Å². The molecule has 9 rings (SSSR count). The van der Waals surface area contributed by atoms with Crippen LogP contribution in [0.3, 0.4) is 0 Å². The highest BCUT2D eigenvalue weighted by atomic mass is 16.5. The van der Waals surface area contributed by atoms with E-state index in [1.165, 1.54) is 7.11 Å². The lowest BCUT2D eigenvalue weighted by atomic mass is 9.90. The molecule has 2 unspecified atom stereocenters. The van der Waals surface area contributed by atoms with Crippen LogP contribution in [-0.4, -0.2) is 123 Å². The molecule has 0 radical (unpaired) electrons. The molecule has 342 valence electrons. The Morgan fingerprint density at radius 1 is 0.677 bits per heavy atom. The molecule has 4 saturated heterocycles. The number of hydrogen-bond donors (Lipinski definition) is 5. The number of methoxy groups -OCH3 is 1. The van der Waals surface area contributed by atoms with E-state index in [9.17, 15) is 24.3 Å². The Hall–Kier alpha value is -6.33. The molecule has 17 heteroatoms. The lowest BCUT2D eigenvalue weighted by Crippen LogP contribution is -2.53. The van der Waals surface area contributed by atoms with Crippen LogP contribution in [0.1, 0.15) is 76.1 Å². The number of alkyl carbamates (subject to hydrolysis) is 1. The molecule has 6 atom stereocenters. The minimum Gasteiger partial charge on any atom is -0.465 e. The van der Waals surface area contributed by atoms with E-state index in [1.807, 2.05) is 47.6 Å². The monoisotopic (exact) mass is 887 g/mol. The average molecular weight is 888 g/mol. The predicted octanol–water partition coefficient (Wildman–Crippen LogP) is 6.72. The number of imidazole rings is 2. The van der Waals surface area contributed by atoms with Crippen LogP contribution >= 0.6 is 0 Å². The van der Waals surface area contributed by atoms with Gasteiger partial charge in [0.2, 0.25) is 11.8 Å². The first-order chi connectivity index (χ1) is 31.5. The number of nitrogens with zero attached hydrogens (tertiary/aromatic N) is 5. The van der Waals surface area contributed by atoms with Crippen molar-refractivity contribution in [2.45, 2.75) is 76.5 Å². The van der Waals surface area contributed by atoms with Gasteiger partial charge in [0.1, 0.15) is 29.4 Å². The molecule has 0 spiro atoms. The van der Waals surface area contributed by atoms with E-state index >= 15 is 0 Å². The maximum Gasteiger partial charge on any atom is 0.407 e. The number of amides is 4. The smallest absolute Gasteiger partial charge is 0.407 e. The van der Waals surface area contributed by atoms with Gasteiger partial charge in [-0.1, -0.05) is 50.2 Å². The zero-order valence-corrected chi connectivity index (χ0v) is 37.0. The van der Waals surface area contributed by atoms with Crippen LogP contribution < -0.4 is 10.6 Å². The second kappa shape index (κ2) is 19.0. The number of carbonyl (C=O) groups excluding carboxylic acids is 3. The van der Waals surface area contributed by atoms with Gasteiger partial charge in [-0.05, 0) is 91.5 Å². The number of ether oxygens (including phenoxy) is 3. The van der Waals surface area contributed by atoms with Gasteiger partial charge < -0.3 is 49.7 Å². The Kier molecular flexibility index (Phi) is 12.8. The molecule has 4 aliphatic rings. The summed E-state index contributed by atoms with van der Waals surface area (Å²) >= 11 is 0. The number of nitrogens with one attached hydrogen (secondary N) is 4. The molecule has 0 saturated carbocycles. The molecule has 0 aliphatic carbocycles. The molecule has 4 aliphatic heterocycles. The molecule has 2 aromatic carbocycles. The molecule has 4 fully saturated rings. The summed E-state index contributed by atoms with van der Waals surface area (Å²) in [7, 11) is 1.31. The number of benzene rings is 2. The van der Waals surface area contributed by atoms with Gasteiger partial charge in [-0.2, -0.15) is 0 Å². The average Bonchev–Trinajstić information content (AvgIpc) is 4.17. The number of aromatic nitrogens is 5. The molecule has 3 aromatic heterocycles. The summed E-state index contributed by atoms with van der Waals surface area (Å²) < 4.78 is 15.9. The molecule has 65 heavy (non-hydrogen) atoms. The van der Waals surface area contributed by atoms with Crippen LogP contribution in [0.25, 0.3) is 44.7 Å². The number of carbonyl (C=O) groups is 4. The summed E-state index contributed by atoms with van der Waals surface area (Å²) in [6.45, 7) is 7.42. The van der Waals surface area contributed by atoms with Gasteiger partial charge in [0.15, 0.2) is 0 Å². The fourth-order valence-corrected chi connectivity index (χ4v) is 10.2. The summed E-state index contributed by atoms with van der Waals surface area (Å²) in [6, 6.07) is 16.3. The highest BCUT2D eigenvalue weighted by Crippen LogP contribution is 2.39. The second-order valence-corrected chi connectivity index (χ2v) is 18.2. The van der Waals surface area contributed by atoms with Crippen molar-refractivity contribution in [3.8, 4) is 33.8 Å². The molecular formula is C48H57N9O8. The maximum atomic E-state index is 14.1. The van der Waals surface area contributed by atoms with Crippen molar-refractivity contribution < 1.29 is 38.5 Å². The maximum absolute atomic E-state index is 14.1. The van der Waals surface area contributed by atoms with Gasteiger partial charge >= 0.3 is 12.2 Å². The van der Waals surface area contributed by atoms with E-state index in [4.69, 9.17) is 29.2 Å². The molecule has 17 nitrogen and oxygen atoms in total. The Morgan fingerprint density at radius 3 is 1.77 bits per heavy atom. The Balaban J connectivity index is 0.876. The third-order valence-corrected chi connectivity index (χ3v) is 13.6. The SMILES string of the molecule is COC(=O)NC(C(=O)N1C[C@@H](C)C[C@H]1c1nc(-c2ccc(-c3ccc4nc(-c5c[nH]c([C@@H]6C[C@H](C)CN6C(=O)C(NC(=O)O)C6CCOCC6)n5)ccc4c3)cc2)c[nH]1)C1CCOCC1. The first-order valence-electron chi connectivity index (χ1n) is 22.8. The fourth-order valence-electron chi connectivity index (χ4n) is 10.2. The number of hydrogen-bond acceptors (Lipinski definition) is 10. The number of fused-ring (bicyclic) bond motifs is 1. The molecule has 5 N–H and O–H groups in total. The summed E-state index contributed by atoms with van der Waals surface area (Å²) in [4.78, 5) is 77.4. The van der Waals surface area contributed by atoms with Crippen molar-refractivity contribution >= 4 is 34.9 Å². The van der Waals surface area contributed by atoms with Crippen molar-refractivity contribution in [3.05, 3.63) is 78.6 Å². The summed E-state index contributed by atoms with van der Waals surface area (Å²) in [5.41, 5.74) is 5.96. The number of rotatable bonds is 11. The van der Waals surface area contributed by atoms with Crippen molar-refractivity contribution in [2.75, 3.05) is 46.6 Å². The lowest BCUT2D eigenvalue weighted by Gasteiger charge is -2.34. The van der Waals surface area contributed by atoms with E-state index in [-0.39, 0.29) is 47.6 Å². The van der Waals surface area contributed by atoms with Gasteiger partial charge in [-0.25, -0.2) is 24.5 Å². The quantitative estimate of drug-likeness (QED) is 0.0939. The molecule has 4 amide bonds. The van der Waals surface area contributed by atoms with E-state index < -0.39 is 24.3 Å². The molecular weight excluding hydrogens is 831 g/mol. The van der Waals surface area contributed by atoms with E-state index in [1.54, 1.807) is 4.90 Å². The van der Waals surface area contributed by atoms with Gasteiger partial charge in [-0.15, -0.1) is 0 Å². The zero-order chi connectivity index (χ0) is 45.2. The highest BCUT2D eigenvalue weighted by molar-refractivity contribution is 5.88. The van der Waals surface area contributed by atoms with E-state index in [0.717, 1.165) is 39.7 Å². The standard InChI is InChI=1S/C48H57N9O8/c1-27-20-39(57(26-27)46(59)42(55-48(62)63-3)32-14-18-65-19-15-32)43-49-23-37(52-43)30-6-4-29(5-7-30)33-8-10-35-34(22-33)9-11-36(51-35)38-24-50-44(53-38)40-21-28(2)25-56(40)45(58)41(54-47(60)61)31-12-16-64-17-13-31/h4-11,22-24,27-28,31-32,39-42,54H,12-21,25-26H2,1-3H3,(H,49,52)(H,50,53)(H,55,62)(H,60,61)/t27-,28-,39-,40-,41?,42?/m0/s1. The highest BCUT2D eigenvalue weighted by Gasteiger charge is 2.43. The third-order valence-electron chi connectivity index (χ3n) is 13.6. The van der Waals surface area contributed by atoms with Crippen LogP contribution in [0.4, 0.5) is 9.59 Å². The van der Waals surface area contributed by atoms with Gasteiger partial charge in [-0.3, -0.25) is 9.59 Å². The molecule has 0 bridgehead atoms. The normalized spacial score (nSPS) is 22.8. The predicted molar refractivity (Wildman–Crippen MR) is 240 cm³/mol. The summed E-state index contributed by atoms with van der Waals surface area (Å²) in [5.74, 6) is 1.33. The molecule has 5 aromatic rings. The van der Waals surface area contributed by atoms with Crippen molar-refractivity contribution in [1.29, 1.82) is 0 Å². The number of pyridine rings is 1. The van der Waals surface area contributed by atoms with Gasteiger partial charge in [0.25, 0.3) is 0 Å². The third kappa shape index (κ3) is 9.43. The Labute approximate surface area is 377 Å². The summed E-state index contributed by atoms with van der Waals surface area (Å²) in [6.07, 6.45) is 5.94. The lowest BCUT2D eigenvalue weighted by molar-refractivity contribution is -0.137. The number of aromatic amines is 2. The van der Waals surface area contributed by atoms with Crippen molar-refractivity contribution in [1.82, 2.24) is 45.4 Å². The van der Waals surface area contributed by atoms with Crippen molar-refractivity contribution in [2.24, 2.45) is 23.7 Å². The summed E-state index contributed by atoms with van der Waals surface area (Å²) in [5, 5.41) is 15.9. The van der Waals surface area contributed by atoms with E-state index in [0.29, 0.717) is 94.7 Å². The van der Waals surface area contributed by atoms with Gasteiger partial charge in [0, 0.05) is 62.9 Å². The second-order valence-electron chi connectivity index (χ2n) is 18.2.